The maximum atomic E-state index is 11.8. The van der Waals surface area contributed by atoms with E-state index in [0.29, 0.717) is 6.42 Å². The van der Waals surface area contributed by atoms with Crippen molar-refractivity contribution < 1.29 is 4.79 Å². The van der Waals surface area contributed by atoms with E-state index in [1.165, 1.54) is 18.4 Å². The zero-order valence-corrected chi connectivity index (χ0v) is 13.4. The van der Waals surface area contributed by atoms with E-state index < -0.39 is 0 Å². The average Bonchev–Trinajstić information content (AvgIpc) is 2.48. The van der Waals surface area contributed by atoms with Crippen molar-refractivity contribution >= 4 is 21.8 Å². The van der Waals surface area contributed by atoms with Crippen LogP contribution in [0.25, 0.3) is 0 Å². The fourth-order valence-corrected chi connectivity index (χ4v) is 2.86. The molecule has 1 fully saturated rings. The lowest BCUT2D eigenvalue weighted by atomic mass is 9.93. The number of hydrogen-bond donors (Lipinski definition) is 2. The molecule has 0 aliphatic carbocycles. The first-order chi connectivity index (χ1) is 9.74. The topological polar surface area (TPSA) is 41.1 Å². The van der Waals surface area contributed by atoms with Gasteiger partial charge in [-0.25, -0.2) is 0 Å². The van der Waals surface area contributed by atoms with Crippen molar-refractivity contribution in [1.82, 2.24) is 10.6 Å². The van der Waals surface area contributed by atoms with Gasteiger partial charge in [0.05, 0.1) is 0 Å². The summed E-state index contributed by atoms with van der Waals surface area (Å²) in [4.78, 5) is 11.8. The molecule has 2 N–H and O–H groups in total. The Kier molecular flexibility index (Phi) is 6.54. The Balaban J connectivity index is 1.58. The molecule has 1 aliphatic heterocycles. The fourth-order valence-electron chi connectivity index (χ4n) is 2.59. The van der Waals surface area contributed by atoms with Crippen LogP contribution < -0.4 is 10.6 Å². The predicted octanol–water partition coefficient (Wildman–Crippen LogP) is 2.89. The minimum absolute atomic E-state index is 0.195. The van der Waals surface area contributed by atoms with Gasteiger partial charge in [-0.05, 0) is 62.4 Å². The van der Waals surface area contributed by atoms with Gasteiger partial charge in [0.1, 0.15) is 0 Å². The number of rotatable bonds is 6. The summed E-state index contributed by atoms with van der Waals surface area (Å²) in [5.74, 6) is 0.925. The zero-order valence-electron chi connectivity index (χ0n) is 11.8. The summed E-state index contributed by atoms with van der Waals surface area (Å²) < 4.78 is 1.09. The molecular weight excluding hydrogens is 316 g/mol. The summed E-state index contributed by atoms with van der Waals surface area (Å²) >= 11 is 3.42. The van der Waals surface area contributed by atoms with E-state index >= 15 is 0 Å². The smallest absolute Gasteiger partial charge is 0.220 e. The molecule has 0 bridgehead atoms. The third kappa shape index (κ3) is 5.63. The Hall–Kier alpha value is -0.870. The standard InChI is InChI=1S/C16H23BrN2O/c17-15-4-1-13(2-5-15)9-12-19-16(20)6-3-14-7-10-18-11-8-14/h1-2,4-5,14,18H,3,6-12H2,(H,19,20). The maximum Gasteiger partial charge on any atom is 0.220 e. The van der Waals surface area contributed by atoms with Crippen LogP contribution in [0.4, 0.5) is 0 Å². The van der Waals surface area contributed by atoms with E-state index in [4.69, 9.17) is 0 Å². The molecular formula is C16H23BrN2O. The Morgan fingerprint density at radius 2 is 1.95 bits per heavy atom. The highest BCUT2D eigenvalue weighted by Crippen LogP contribution is 2.17. The van der Waals surface area contributed by atoms with Gasteiger partial charge in [-0.3, -0.25) is 4.79 Å². The molecule has 3 nitrogen and oxygen atoms in total. The second kappa shape index (κ2) is 8.42. The number of hydrogen-bond acceptors (Lipinski definition) is 2. The summed E-state index contributed by atoms with van der Waals surface area (Å²) in [6, 6.07) is 8.25. The van der Waals surface area contributed by atoms with Crippen LogP contribution in [-0.2, 0) is 11.2 Å². The van der Waals surface area contributed by atoms with Crippen molar-refractivity contribution in [2.45, 2.75) is 32.1 Å². The summed E-state index contributed by atoms with van der Waals surface area (Å²) in [5, 5.41) is 6.37. The molecule has 1 aliphatic rings. The van der Waals surface area contributed by atoms with Gasteiger partial charge in [-0.15, -0.1) is 0 Å². The van der Waals surface area contributed by atoms with E-state index in [2.05, 4.69) is 38.7 Å². The molecule has 0 unspecified atom stereocenters. The average molecular weight is 339 g/mol. The summed E-state index contributed by atoms with van der Waals surface area (Å²) in [7, 11) is 0. The Bertz CT molecular complexity index is 413. The van der Waals surface area contributed by atoms with Crippen LogP contribution in [-0.4, -0.2) is 25.5 Å². The number of benzene rings is 1. The highest BCUT2D eigenvalue weighted by atomic mass is 79.9. The first-order valence-corrected chi connectivity index (χ1v) is 8.25. The minimum Gasteiger partial charge on any atom is -0.356 e. The van der Waals surface area contributed by atoms with Crippen molar-refractivity contribution in [3.63, 3.8) is 0 Å². The van der Waals surface area contributed by atoms with E-state index in [1.54, 1.807) is 0 Å². The molecule has 1 saturated heterocycles. The van der Waals surface area contributed by atoms with E-state index in [0.717, 1.165) is 42.9 Å². The lowest BCUT2D eigenvalue weighted by Gasteiger charge is -2.22. The summed E-state index contributed by atoms with van der Waals surface area (Å²) in [5.41, 5.74) is 1.26. The minimum atomic E-state index is 0.195. The molecule has 110 valence electrons. The van der Waals surface area contributed by atoms with Crippen molar-refractivity contribution in [2.24, 2.45) is 5.92 Å². The first kappa shape index (κ1) is 15.5. The summed E-state index contributed by atoms with van der Waals surface area (Å²) in [6.07, 6.45) is 5.03. The van der Waals surface area contributed by atoms with Gasteiger partial charge >= 0.3 is 0 Å². The van der Waals surface area contributed by atoms with E-state index in [1.807, 2.05) is 12.1 Å². The predicted molar refractivity (Wildman–Crippen MR) is 85.7 cm³/mol. The lowest BCUT2D eigenvalue weighted by molar-refractivity contribution is -0.121. The molecule has 1 aromatic rings. The molecule has 2 rings (SSSR count). The van der Waals surface area contributed by atoms with Crippen molar-refractivity contribution in [3.8, 4) is 0 Å². The highest BCUT2D eigenvalue weighted by Gasteiger charge is 2.14. The van der Waals surface area contributed by atoms with Gasteiger partial charge < -0.3 is 10.6 Å². The number of carbonyl (C=O) groups is 1. The molecule has 20 heavy (non-hydrogen) atoms. The van der Waals surface area contributed by atoms with E-state index in [-0.39, 0.29) is 5.91 Å². The fraction of sp³-hybridized carbons (Fsp3) is 0.562. The van der Waals surface area contributed by atoms with Gasteiger partial charge in [0, 0.05) is 17.4 Å². The second-order valence-corrected chi connectivity index (χ2v) is 6.37. The number of halogens is 1. The molecule has 0 atom stereocenters. The zero-order chi connectivity index (χ0) is 14.2. The largest absolute Gasteiger partial charge is 0.356 e. The molecule has 0 spiro atoms. The third-order valence-corrected chi connectivity index (χ3v) is 4.42. The maximum absolute atomic E-state index is 11.8. The number of piperidine rings is 1. The molecule has 0 saturated carbocycles. The van der Waals surface area contributed by atoms with Gasteiger partial charge in [-0.1, -0.05) is 28.1 Å². The number of amides is 1. The normalized spacial score (nSPS) is 16.1. The molecule has 0 aromatic heterocycles. The number of nitrogens with one attached hydrogen (secondary N) is 2. The lowest BCUT2D eigenvalue weighted by Crippen LogP contribution is -2.30. The highest BCUT2D eigenvalue weighted by molar-refractivity contribution is 9.10. The van der Waals surface area contributed by atoms with Gasteiger partial charge in [0.2, 0.25) is 5.91 Å². The van der Waals surface area contributed by atoms with Crippen LogP contribution in [0.15, 0.2) is 28.7 Å². The third-order valence-electron chi connectivity index (χ3n) is 3.89. The van der Waals surface area contributed by atoms with Gasteiger partial charge in [-0.2, -0.15) is 0 Å². The molecule has 0 radical (unpaired) electrons. The van der Waals surface area contributed by atoms with E-state index in [9.17, 15) is 4.79 Å². The summed E-state index contributed by atoms with van der Waals surface area (Å²) in [6.45, 7) is 2.94. The van der Waals surface area contributed by atoms with Crippen molar-refractivity contribution in [1.29, 1.82) is 0 Å². The second-order valence-electron chi connectivity index (χ2n) is 5.46. The SMILES string of the molecule is O=C(CCC1CCNCC1)NCCc1ccc(Br)cc1. The van der Waals surface area contributed by atoms with Crippen LogP contribution in [0.1, 0.15) is 31.2 Å². The van der Waals surface area contributed by atoms with Crippen LogP contribution >= 0.6 is 15.9 Å². The Labute approximate surface area is 129 Å². The van der Waals surface area contributed by atoms with Gasteiger partial charge in [0.25, 0.3) is 0 Å². The number of carbonyl (C=O) groups excluding carboxylic acids is 1. The molecule has 4 heteroatoms. The van der Waals surface area contributed by atoms with Gasteiger partial charge in [0.15, 0.2) is 0 Å². The Morgan fingerprint density at radius 3 is 2.65 bits per heavy atom. The molecule has 1 amide bonds. The quantitative estimate of drug-likeness (QED) is 0.837. The monoisotopic (exact) mass is 338 g/mol. The first-order valence-electron chi connectivity index (χ1n) is 7.46. The van der Waals surface area contributed by atoms with Crippen molar-refractivity contribution in [3.05, 3.63) is 34.3 Å². The van der Waals surface area contributed by atoms with Crippen molar-refractivity contribution in [2.75, 3.05) is 19.6 Å². The van der Waals surface area contributed by atoms with Crippen LogP contribution in [0.2, 0.25) is 0 Å². The van der Waals surface area contributed by atoms with Crippen LogP contribution in [0.3, 0.4) is 0 Å². The van der Waals surface area contributed by atoms with Crippen LogP contribution in [0.5, 0.6) is 0 Å². The Morgan fingerprint density at radius 1 is 1.25 bits per heavy atom. The van der Waals surface area contributed by atoms with Crippen LogP contribution in [0, 0.1) is 5.92 Å². The molecule has 1 aromatic carbocycles. The molecule has 1 heterocycles.